The second-order valence-corrected chi connectivity index (χ2v) is 6.42. The van der Waals surface area contributed by atoms with Gasteiger partial charge in [-0.3, -0.25) is 0 Å². The van der Waals surface area contributed by atoms with E-state index in [1.165, 1.54) is 0 Å². The summed E-state index contributed by atoms with van der Waals surface area (Å²) in [7, 11) is 0. The van der Waals surface area contributed by atoms with Crippen molar-refractivity contribution in [2.24, 2.45) is 0 Å². The van der Waals surface area contributed by atoms with E-state index >= 15 is 0 Å². The summed E-state index contributed by atoms with van der Waals surface area (Å²) in [6.07, 6.45) is -0.287. The van der Waals surface area contributed by atoms with Gasteiger partial charge < -0.3 is 24.7 Å². The van der Waals surface area contributed by atoms with E-state index in [0.29, 0.717) is 25.4 Å². The molecule has 0 aliphatic carbocycles. The predicted octanol–water partition coefficient (Wildman–Crippen LogP) is 3.73. The van der Waals surface area contributed by atoms with Gasteiger partial charge in [-0.15, -0.1) is 0 Å². The lowest BCUT2D eigenvalue weighted by Gasteiger charge is -2.15. The van der Waals surface area contributed by atoms with E-state index in [0.717, 1.165) is 22.6 Å². The highest BCUT2D eigenvalue weighted by Crippen LogP contribution is 2.21. The Morgan fingerprint density at radius 2 is 2.00 bits per heavy atom. The van der Waals surface area contributed by atoms with E-state index in [4.69, 9.17) is 9.15 Å². The lowest BCUT2D eigenvalue weighted by atomic mass is 10.1. The van der Waals surface area contributed by atoms with Crippen molar-refractivity contribution in [1.29, 1.82) is 0 Å². The SMILES string of the molecule is Cc1cc(C(C)NC(=O)Nc2ccc(CN3CCOC3=O)cc2)c(C)o1. The van der Waals surface area contributed by atoms with Crippen LogP contribution in [0.4, 0.5) is 15.3 Å². The third-order valence-corrected chi connectivity index (χ3v) is 4.32. The van der Waals surface area contributed by atoms with Gasteiger partial charge in [0, 0.05) is 17.8 Å². The number of cyclic esters (lactones) is 1. The predicted molar refractivity (Wildman–Crippen MR) is 97.0 cm³/mol. The fourth-order valence-electron chi connectivity index (χ4n) is 3.01. The molecule has 3 rings (SSSR count). The van der Waals surface area contributed by atoms with Crippen LogP contribution in [-0.4, -0.2) is 30.2 Å². The zero-order chi connectivity index (χ0) is 18.7. The molecule has 2 N–H and O–H groups in total. The molecule has 26 heavy (non-hydrogen) atoms. The van der Waals surface area contributed by atoms with Gasteiger partial charge in [0.25, 0.3) is 0 Å². The van der Waals surface area contributed by atoms with Crippen molar-refractivity contribution in [2.45, 2.75) is 33.4 Å². The molecule has 1 unspecified atom stereocenters. The van der Waals surface area contributed by atoms with E-state index in [9.17, 15) is 9.59 Å². The minimum absolute atomic E-state index is 0.159. The number of rotatable bonds is 5. The molecule has 0 bridgehead atoms. The van der Waals surface area contributed by atoms with Crippen molar-refractivity contribution >= 4 is 17.8 Å². The molecular formula is C19H23N3O4. The molecule has 1 fully saturated rings. The number of anilines is 1. The van der Waals surface area contributed by atoms with Crippen LogP contribution in [0.2, 0.25) is 0 Å². The van der Waals surface area contributed by atoms with Crippen molar-refractivity contribution in [3.05, 3.63) is 53.0 Å². The van der Waals surface area contributed by atoms with Gasteiger partial charge in [0.05, 0.1) is 12.6 Å². The number of ether oxygens (including phenoxy) is 1. The van der Waals surface area contributed by atoms with Crippen LogP contribution in [0.1, 0.15) is 35.6 Å². The highest BCUT2D eigenvalue weighted by atomic mass is 16.6. The molecule has 1 atom stereocenters. The molecule has 138 valence electrons. The largest absolute Gasteiger partial charge is 0.466 e. The molecule has 2 heterocycles. The molecule has 0 saturated carbocycles. The van der Waals surface area contributed by atoms with Gasteiger partial charge in [0.2, 0.25) is 0 Å². The Bertz CT molecular complexity index is 798. The summed E-state index contributed by atoms with van der Waals surface area (Å²) in [6, 6.07) is 8.88. The monoisotopic (exact) mass is 357 g/mol. The number of benzene rings is 1. The van der Waals surface area contributed by atoms with E-state index in [2.05, 4.69) is 10.6 Å². The van der Waals surface area contributed by atoms with Crippen LogP contribution in [-0.2, 0) is 11.3 Å². The molecule has 1 aliphatic rings. The van der Waals surface area contributed by atoms with Gasteiger partial charge in [0.15, 0.2) is 0 Å². The maximum Gasteiger partial charge on any atom is 0.410 e. The van der Waals surface area contributed by atoms with E-state index < -0.39 is 0 Å². The van der Waals surface area contributed by atoms with Gasteiger partial charge in [-0.2, -0.15) is 0 Å². The van der Waals surface area contributed by atoms with Crippen molar-refractivity contribution in [3.8, 4) is 0 Å². The summed E-state index contributed by atoms with van der Waals surface area (Å²) in [5, 5.41) is 5.71. The Morgan fingerprint density at radius 1 is 1.27 bits per heavy atom. The number of nitrogens with one attached hydrogen (secondary N) is 2. The third kappa shape index (κ3) is 4.17. The number of carbonyl (C=O) groups is 2. The zero-order valence-corrected chi connectivity index (χ0v) is 15.2. The Labute approximate surface area is 152 Å². The number of amides is 3. The fourth-order valence-corrected chi connectivity index (χ4v) is 3.01. The highest BCUT2D eigenvalue weighted by molar-refractivity contribution is 5.89. The summed E-state index contributed by atoms with van der Waals surface area (Å²) in [4.78, 5) is 25.3. The summed E-state index contributed by atoms with van der Waals surface area (Å²) in [5.74, 6) is 1.63. The van der Waals surface area contributed by atoms with E-state index in [1.54, 1.807) is 4.90 Å². The summed E-state index contributed by atoms with van der Waals surface area (Å²) < 4.78 is 10.4. The zero-order valence-electron chi connectivity index (χ0n) is 15.2. The second-order valence-electron chi connectivity index (χ2n) is 6.42. The van der Waals surface area contributed by atoms with Gasteiger partial charge in [-0.1, -0.05) is 12.1 Å². The average molecular weight is 357 g/mol. The molecule has 0 radical (unpaired) electrons. The molecule has 7 heteroatoms. The second kappa shape index (κ2) is 7.51. The van der Waals surface area contributed by atoms with E-state index in [1.807, 2.05) is 51.1 Å². The topological polar surface area (TPSA) is 83.8 Å². The highest BCUT2D eigenvalue weighted by Gasteiger charge is 2.21. The van der Waals surface area contributed by atoms with Gasteiger partial charge in [-0.25, -0.2) is 9.59 Å². The molecule has 1 aromatic heterocycles. The number of carbonyl (C=O) groups excluding carboxylic acids is 2. The van der Waals surface area contributed by atoms with Crippen LogP contribution in [0, 0.1) is 13.8 Å². The molecule has 1 aliphatic heterocycles. The molecule has 3 amide bonds. The first-order chi connectivity index (χ1) is 12.4. The number of urea groups is 1. The van der Waals surface area contributed by atoms with Crippen molar-refractivity contribution in [1.82, 2.24) is 10.2 Å². The Balaban J connectivity index is 1.54. The minimum atomic E-state index is -0.287. The van der Waals surface area contributed by atoms with E-state index in [-0.39, 0.29) is 18.2 Å². The smallest absolute Gasteiger partial charge is 0.410 e. The number of hydrogen-bond donors (Lipinski definition) is 2. The Kier molecular flexibility index (Phi) is 5.16. The summed E-state index contributed by atoms with van der Waals surface area (Å²) in [6.45, 7) is 7.22. The molecule has 1 aromatic carbocycles. The molecule has 2 aromatic rings. The maximum atomic E-state index is 12.2. The average Bonchev–Trinajstić information content (AvgIpc) is 3.14. The van der Waals surface area contributed by atoms with Crippen LogP contribution >= 0.6 is 0 Å². The number of hydrogen-bond acceptors (Lipinski definition) is 4. The Morgan fingerprint density at radius 3 is 2.58 bits per heavy atom. The molecule has 7 nitrogen and oxygen atoms in total. The minimum Gasteiger partial charge on any atom is -0.466 e. The maximum absolute atomic E-state index is 12.2. The lowest BCUT2D eigenvalue weighted by Crippen LogP contribution is -2.31. The van der Waals surface area contributed by atoms with Crippen LogP contribution in [0.15, 0.2) is 34.7 Å². The number of nitrogens with zero attached hydrogens (tertiary/aromatic N) is 1. The first-order valence-electron chi connectivity index (χ1n) is 8.57. The first-order valence-corrected chi connectivity index (χ1v) is 8.57. The van der Waals surface area contributed by atoms with Gasteiger partial charge in [0.1, 0.15) is 18.1 Å². The number of furan rings is 1. The standard InChI is InChI=1S/C19H23N3O4/c1-12-10-17(14(3)26-12)13(2)20-18(23)21-16-6-4-15(5-7-16)11-22-8-9-25-19(22)24/h4-7,10,13H,8-9,11H2,1-3H3,(H2,20,21,23). The lowest BCUT2D eigenvalue weighted by molar-refractivity contribution is 0.157. The normalized spacial score (nSPS) is 14.9. The van der Waals surface area contributed by atoms with Crippen molar-refractivity contribution in [3.63, 3.8) is 0 Å². The van der Waals surface area contributed by atoms with Gasteiger partial charge >= 0.3 is 12.1 Å². The van der Waals surface area contributed by atoms with Crippen LogP contribution in [0.25, 0.3) is 0 Å². The fraction of sp³-hybridized carbons (Fsp3) is 0.368. The number of aryl methyl sites for hydroxylation is 2. The third-order valence-electron chi connectivity index (χ3n) is 4.32. The summed E-state index contributed by atoms with van der Waals surface area (Å²) in [5.41, 5.74) is 2.63. The van der Waals surface area contributed by atoms with Gasteiger partial charge in [-0.05, 0) is 44.5 Å². The van der Waals surface area contributed by atoms with Crippen LogP contribution < -0.4 is 10.6 Å². The Hall–Kier alpha value is -2.96. The van der Waals surface area contributed by atoms with Crippen LogP contribution in [0.5, 0.6) is 0 Å². The quantitative estimate of drug-likeness (QED) is 0.854. The summed E-state index contributed by atoms with van der Waals surface area (Å²) >= 11 is 0. The van der Waals surface area contributed by atoms with Crippen LogP contribution in [0.3, 0.4) is 0 Å². The van der Waals surface area contributed by atoms with Crippen molar-refractivity contribution < 1.29 is 18.7 Å². The molecular weight excluding hydrogens is 334 g/mol. The molecule has 0 spiro atoms. The van der Waals surface area contributed by atoms with Crippen molar-refractivity contribution in [2.75, 3.05) is 18.5 Å². The first kappa shape index (κ1) is 17.8. The molecule has 1 saturated heterocycles.